The van der Waals surface area contributed by atoms with Gasteiger partial charge in [0.15, 0.2) is 0 Å². The molecule has 0 aromatic carbocycles. The maximum absolute atomic E-state index is 3.62. The van der Waals surface area contributed by atoms with E-state index in [-0.39, 0.29) is 0 Å². The Morgan fingerprint density at radius 1 is 1.27 bits per heavy atom. The van der Waals surface area contributed by atoms with E-state index in [1.165, 1.54) is 22.6 Å². The minimum Gasteiger partial charge on any atom is -0.309 e. The average Bonchev–Trinajstić information content (AvgIpc) is 2.66. The molecule has 0 bridgehead atoms. The van der Waals surface area contributed by atoms with Crippen LogP contribution in [-0.4, -0.2) is 6.54 Å². The van der Waals surface area contributed by atoms with Gasteiger partial charge in [-0.15, -0.1) is 11.3 Å². The van der Waals surface area contributed by atoms with Crippen LogP contribution in [0.1, 0.15) is 49.4 Å². The Balaban J connectivity index is 2.39. The van der Waals surface area contributed by atoms with E-state index >= 15 is 0 Å². The van der Waals surface area contributed by atoms with Crippen molar-refractivity contribution in [3.8, 4) is 0 Å². The molecule has 1 rings (SSSR count). The predicted molar refractivity (Wildman–Crippen MR) is 69.5 cm³/mol. The van der Waals surface area contributed by atoms with Crippen LogP contribution in [0.5, 0.6) is 0 Å². The molecule has 1 aromatic rings. The van der Waals surface area contributed by atoms with Crippen LogP contribution in [0.4, 0.5) is 0 Å². The van der Waals surface area contributed by atoms with Crippen molar-refractivity contribution in [2.24, 2.45) is 5.92 Å². The minimum atomic E-state index is 0.504. The number of rotatable bonds is 6. The minimum absolute atomic E-state index is 0.504. The van der Waals surface area contributed by atoms with Gasteiger partial charge in [-0.25, -0.2) is 0 Å². The Morgan fingerprint density at radius 2 is 1.93 bits per heavy atom. The normalized spacial score (nSPS) is 13.4. The molecule has 0 radical (unpaired) electrons. The molecular formula is C13H23NS. The summed E-state index contributed by atoms with van der Waals surface area (Å²) in [5.74, 6) is 0.827. The van der Waals surface area contributed by atoms with E-state index in [9.17, 15) is 0 Å². The molecule has 2 heteroatoms. The van der Waals surface area contributed by atoms with Crippen LogP contribution in [0.2, 0.25) is 0 Å². The smallest absolute Gasteiger partial charge is 0.0386 e. The van der Waals surface area contributed by atoms with Crippen LogP contribution in [0.3, 0.4) is 0 Å². The van der Waals surface area contributed by atoms with Crippen molar-refractivity contribution in [3.05, 3.63) is 21.9 Å². The lowest BCUT2D eigenvalue weighted by molar-refractivity contribution is 0.424. The summed E-state index contributed by atoms with van der Waals surface area (Å²) in [7, 11) is 0. The molecule has 0 aliphatic carbocycles. The van der Waals surface area contributed by atoms with Crippen molar-refractivity contribution in [3.63, 3.8) is 0 Å². The SMILES string of the molecule is CCC(CC)CNC(C)c1ccc(C)s1. The highest BCUT2D eigenvalue weighted by atomic mass is 32.1. The van der Waals surface area contributed by atoms with Gasteiger partial charge in [0.25, 0.3) is 0 Å². The Hall–Kier alpha value is -0.340. The third-order valence-corrected chi connectivity index (χ3v) is 4.24. The van der Waals surface area contributed by atoms with Gasteiger partial charge >= 0.3 is 0 Å². The van der Waals surface area contributed by atoms with Crippen LogP contribution in [0, 0.1) is 12.8 Å². The second-order valence-corrected chi connectivity index (χ2v) is 5.58. The van der Waals surface area contributed by atoms with Crippen molar-refractivity contribution < 1.29 is 0 Å². The van der Waals surface area contributed by atoms with Gasteiger partial charge in [0.05, 0.1) is 0 Å². The summed E-state index contributed by atoms with van der Waals surface area (Å²) >= 11 is 1.90. The summed E-state index contributed by atoms with van der Waals surface area (Å²) in [5.41, 5.74) is 0. The second kappa shape index (κ2) is 6.29. The summed E-state index contributed by atoms with van der Waals surface area (Å²) < 4.78 is 0. The van der Waals surface area contributed by atoms with Crippen molar-refractivity contribution in [2.75, 3.05) is 6.54 Å². The topological polar surface area (TPSA) is 12.0 Å². The number of aryl methyl sites for hydroxylation is 1. The molecule has 15 heavy (non-hydrogen) atoms. The van der Waals surface area contributed by atoms with Gasteiger partial charge in [0, 0.05) is 15.8 Å². The molecule has 0 saturated heterocycles. The maximum atomic E-state index is 3.62. The fourth-order valence-corrected chi connectivity index (χ4v) is 2.61. The predicted octanol–water partition coefficient (Wildman–Crippen LogP) is 4.14. The van der Waals surface area contributed by atoms with Gasteiger partial charge in [-0.3, -0.25) is 0 Å². The zero-order valence-electron chi connectivity index (χ0n) is 10.3. The van der Waals surface area contributed by atoms with E-state index in [0.717, 1.165) is 12.5 Å². The summed E-state index contributed by atoms with van der Waals surface area (Å²) in [6.45, 7) is 10.1. The molecule has 1 N–H and O–H groups in total. The first kappa shape index (κ1) is 12.7. The highest BCUT2D eigenvalue weighted by Crippen LogP contribution is 2.22. The van der Waals surface area contributed by atoms with Gasteiger partial charge in [-0.2, -0.15) is 0 Å². The molecule has 1 aromatic heterocycles. The zero-order chi connectivity index (χ0) is 11.3. The van der Waals surface area contributed by atoms with Gasteiger partial charge in [-0.05, 0) is 38.4 Å². The quantitative estimate of drug-likeness (QED) is 0.767. The lowest BCUT2D eigenvalue weighted by Gasteiger charge is -2.17. The first-order valence-electron chi connectivity index (χ1n) is 5.97. The molecule has 0 aliphatic heterocycles. The number of hydrogen-bond donors (Lipinski definition) is 1. The fourth-order valence-electron chi connectivity index (χ4n) is 1.71. The Bertz CT molecular complexity index is 276. The summed E-state index contributed by atoms with van der Waals surface area (Å²) in [4.78, 5) is 2.86. The Morgan fingerprint density at radius 3 is 2.40 bits per heavy atom. The highest BCUT2D eigenvalue weighted by molar-refractivity contribution is 7.12. The van der Waals surface area contributed by atoms with Crippen LogP contribution in [0.15, 0.2) is 12.1 Å². The molecule has 86 valence electrons. The number of nitrogens with one attached hydrogen (secondary N) is 1. The molecule has 1 heterocycles. The van der Waals surface area contributed by atoms with E-state index in [1.807, 2.05) is 11.3 Å². The van der Waals surface area contributed by atoms with Gasteiger partial charge in [0.2, 0.25) is 0 Å². The lowest BCUT2D eigenvalue weighted by atomic mass is 10.0. The third kappa shape index (κ3) is 3.96. The van der Waals surface area contributed by atoms with E-state index in [2.05, 4.69) is 45.1 Å². The second-order valence-electron chi connectivity index (χ2n) is 4.26. The van der Waals surface area contributed by atoms with E-state index < -0.39 is 0 Å². The molecule has 0 aliphatic rings. The molecule has 0 fully saturated rings. The molecular weight excluding hydrogens is 202 g/mol. The van der Waals surface area contributed by atoms with E-state index in [1.54, 1.807) is 0 Å². The van der Waals surface area contributed by atoms with E-state index in [0.29, 0.717) is 6.04 Å². The van der Waals surface area contributed by atoms with Crippen LogP contribution in [-0.2, 0) is 0 Å². The standard InChI is InChI=1S/C13H23NS/c1-5-12(6-2)9-14-11(4)13-8-7-10(3)15-13/h7-8,11-12,14H,5-6,9H2,1-4H3. The van der Waals surface area contributed by atoms with Crippen LogP contribution >= 0.6 is 11.3 Å². The van der Waals surface area contributed by atoms with Gasteiger partial charge in [0.1, 0.15) is 0 Å². The fraction of sp³-hybridized carbons (Fsp3) is 0.692. The molecule has 1 atom stereocenters. The molecule has 0 spiro atoms. The number of hydrogen-bond acceptors (Lipinski definition) is 2. The molecule has 0 saturated carbocycles. The van der Waals surface area contributed by atoms with Crippen molar-refractivity contribution >= 4 is 11.3 Å². The summed E-state index contributed by atoms with van der Waals surface area (Å²) in [6.07, 6.45) is 2.55. The first-order chi connectivity index (χ1) is 7.17. The Labute approximate surface area is 97.9 Å². The first-order valence-corrected chi connectivity index (χ1v) is 6.78. The highest BCUT2D eigenvalue weighted by Gasteiger charge is 2.09. The Kier molecular flexibility index (Phi) is 5.34. The van der Waals surface area contributed by atoms with Gasteiger partial charge < -0.3 is 5.32 Å². The molecule has 1 nitrogen and oxygen atoms in total. The average molecular weight is 225 g/mol. The molecule has 0 amide bonds. The largest absolute Gasteiger partial charge is 0.309 e. The van der Waals surface area contributed by atoms with Crippen LogP contribution < -0.4 is 5.32 Å². The van der Waals surface area contributed by atoms with Crippen molar-refractivity contribution in [1.29, 1.82) is 0 Å². The third-order valence-electron chi connectivity index (χ3n) is 3.06. The van der Waals surface area contributed by atoms with Crippen LogP contribution in [0.25, 0.3) is 0 Å². The van der Waals surface area contributed by atoms with Crippen molar-refractivity contribution in [1.82, 2.24) is 5.32 Å². The molecule has 1 unspecified atom stereocenters. The van der Waals surface area contributed by atoms with Gasteiger partial charge in [-0.1, -0.05) is 26.7 Å². The van der Waals surface area contributed by atoms with E-state index in [4.69, 9.17) is 0 Å². The number of thiophene rings is 1. The summed E-state index contributed by atoms with van der Waals surface area (Å²) in [5, 5.41) is 3.62. The summed E-state index contributed by atoms with van der Waals surface area (Å²) in [6, 6.07) is 4.95. The zero-order valence-corrected chi connectivity index (χ0v) is 11.2. The lowest BCUT2D eigenvalue weighted by Crippen LogP contribution is -2.24. The maximum Gasteiger partial charge on any atom is 0.0386 e. The monoisotopic (exact) mass is 225 g/mol. The van der Waals surface area contributed by atoms with Crippen molar-refractivity contribution in [2.45, 2.75) is 46.6 Å².